The summed E-state index contributed by atoms with van der Waals surface area (Å²) in [5.74, 6) is 0.522. The molecule has 66 valence electrons. The highest BCUT2D eigenvalue weighted by atomic mass is 16.1. The minimum atomic E-state index is 0.197. The Kier molecular flexibility index (Phi) is 2.36. The van der Waals surface area contributed by atoms with Crippen LogP contribution in [0.25, 0.3) is 0 Å². The maximum absolute atomic E-state index is 11.4. The van der Waals surface area contributed by atoms with Gasteiger partial charge in [-0.2, -0.15) is 0 Å². The molecule has 1 unspecified atom stereocenters. The molecule has 1 aliphatic carbocycles. The number of carbonyl (C=O) groups is 1. The highest BCUT2D eigenvalue weighted by Crippen LogP contribution is 2.32. The summed E-state index contributed by atoms with van der Waals surface area (Å²) >= 11 is 0. The van der Waals surface area contributed by atoms with E-state index in [1.807, 2.05) is 6.92 Å². The third kappa shape index (κ3) is 1.58. The van der Waals surface area contributed by atoms with E-state index in [2.05, 4.69) is 6.58 Å². The third-order valence-electron chi connectivity index (χ3n) is 2.39. The molecule has 0 aromatic rings. The average Bonchev–Trinajstić information content (AvgIpc) is 2.30. The fourth-order valence-electron chi connectivity index (χ4n) is 1.51. The average molecular weight is 165 g/mol. The van der Waals surface area contributed by atoms with Gasteiger partial charge in [-0.25, -0.2) is 0 Å². The molecule has 0 aliphatic heterocycles. The molecule has 2 nitrogen and oxygen atoms in total. The molecule has 0 aromatic heterocycles. The largest absolute Gasteiger partial charge is 0.402 e. The van der Waals surface area contributed by atoms with E-state index < -0.39 is 0 Å². The molecule has 0 bridgehead atoms. The Labute approximate surface area is 73.1 Å². The lowest BCUT2D eigenvalue weighted by molar-refractivity contribution is -0.114. The maximum Gasteiger partial charge on any atom is 0.161 e. The van der Waals surface area contributed by atoms with Gasteiger partial charge >= 0.3 is 0 Å². The van der Waals surface area contributed by atoms with Crippen LogP contribution in [0.1, 0.15) is 26.7 Å². The number of hydrogen-bond acceptors (Lipinski definition) is 2. The summed E-state index contributed by atoms with van der Waals surface area (Å²) in [5, 5.41) is 0. The van der Waals surface area contributed by atoms with Crippen LogP contribution in [0.5, 0.6) is 0 Å². The number of ketones is 1. The lowest BCUT2D eigenvalue weighted by Crippen LogP contribution is -2.01. The number of rotatable bonds is 1. The van der Waals surface area contributed by atoms with Crippen molar-refractivity contribution in [3.63, 3.8) is 0 Å². The van der Waals surface area contributed by atoms with Gasteiger partial charge in [-0.1, -0.05) is 12.2 Å². The zero-order chi connectivity index (χ0) is 9.30. The fraction of sp³-hybridized carbons (Fsp3) is 0.500. The van der Waals surface area contributed by atoms with Crippen molar-refractivity contribution in [2.45, 2.75) is 26.7 Å². The second-order valence-electron chi connectivity index (χ2n) is 3.54. The first-order valence-corrected chi connectivity index (χ1v) is 4.16. The van der Waals surface area contributed by atoms with Crippen LogP contribution in [-0.4, -0.2) is 5.78 Å². The zero-order valence-corrected chi connectivity index (χ0v) is 7.68. The third-order valence-corrected chi connectivity index (χ3v) is 2.39. The van der Waals surface area contributed by atoms with Crippen LogP contribution < -0.4 is 5.73 Å². The highest BCUT2D eigenvalue weighted by molar-refractivity contribution is 5.98. The number of carbonyl (C=O) groups excluding carboxylic acids is 1. The Bertz CT molecular complexity index is 259. The quantitative estimate of drug-likeness (QED) is 0.475. The molecule has 1 rings (SSSR count). The van der Waals surface area contributed by atoms with E-state index in [1.165, 1.54) is 0 Å². The topological polar surface area (TPSA) is 43.1 Å². The van der Waals surface area contributed by atoms with Gasteiger partial charge in [0.1, 0.15) is 0 Å². The van der Waals surface area contributed by atoms with Crippen LogP contribution in [0.3, 0.4) is 0 Å². The first kappa shape index (κ1) is 9.04. The van der Waals surface area contributed by atoms with Crippen molar-refractivity contribution in [2.75, 3.05) is 0 Å². The predicted molar refractivity (Wildman–Crippen MR) is 49.4 cm³/mol. The van der Waals surface area contributed by atoms with Crippen LogP contribution in [0, 0.1) is 5.92 Å². The van der Waals surface area contributed by atoms with Crippen LogP contribution in [0.15, 0.2) is 23.4 Å². The van der Waals surface area contributed by atoms with E-state index in [-0.39, 0.29) is 5.78 Å². The highest BCUT2D eigenvalue weighted by Gasteiger charge is 2.28. The van der Waals surface area contributed by atoms with Gasteiger partial charge in [0.05, 0.1) is 0 Å². The van der Waals surface area contributed by atoms with Gasteiger partial charge in [0.25, 0.3) is 0 Å². The summed E-state index contributed by atoms with van der Waals surface area (Å²) in [7, 11) is 0. The van der Waals surface area contributed by atoms with Crippen molar-refractivity contribution in [1.82, 2.24) is 0 Å². The number of nitrogens with two attached hydrogens (primary N) is 1. The first-order valence-electron chi connectivity index (χ1n) is 4.16. The SMILES string of the molecule is C=C(C)C1CC(=O)/C(=C(/C)N)C1. The van der Waals surface area contributed by atoms with Crippen molar-refractivity contribution in [3.8, 4) is 0 Å². The minimum Gasteiger partial charge on any atom is -0.402 e. The minimum absolute atomic E-state index is 0.197. The summed E-state index contributed by atoms with van der Waals surface area (Å²) < 4.78 is 0. The summed E-state index contributed by atoms with van der Waals surface area (Å²) in [4.78, 5) is 11.4. The lowest BCUT2D eigenvalue weighted by atomic mass is 10.0. The fourth-order valence-corrected chi connectivity index (χ4v) is 1.51. The monoisotopic (exact) mass is 165 g/mol. The normalized spacial score (nSPS) is 27.5. The molecule has 0 aromatic carbocycles. The van der Waals surface area contributed by atoms with E-state index in [1.54, 1.807) is 6.92 Å². The Hall–Kier alpha value is -1.05. The van der Waals surface area contributed by atoms with Gasteiger partial charge in [0, 0.05) is 17.7 Å². The molecule has 0 radical (unpaired) electrons. The second-order valence-corrected chi connectivity index (χ2v) is 3.54. The van der Waals surface area contributed by atoms with Crippen molar-refractivity contribution in [2.24, 2.45) is 11.7 Å². The maximum atomic E-state index is 11.4. The standard InChI is InChI=1S/C10H15NO/c1-6(2)8-4-9(7(3)11)10(12)5-8/h8H,1,4-5,11H2,2-3H3/b9-7-. The molecule has 1 atom stereocenters. The molecule has 1 fully saturated rings. The molecule has 1 aliphatic rings. The molecular formula is C10H15NO. The van der Waals surface area contributed by atoms with Gasteiger partial charge in [0.15, 0.2) is 5.78 Å². The van der Waals surface area contributed by atoms with Crippen molar-refractivity contribution >= 4 is 5.78 Å². The van der Waals surface area contributed by atoms with Crippen LogP contribution in [0.4, 0.5) is 0 Å². The number of allylic oxidation sites excluding steroid dienone is 3. The van der Waals surface area contributed by atoms with Gasteiger partial charge in [0.2, 0.25) is 0 Å². The van der Waals surface area contributed by atoms with Crippen molar-refractivity contribution in [1.29, 1.82) is 0 Å². The van der Waals surface area contributed by atoms with E-state index >= 15 is 0 Å². The molecule has 0 saturated heterocycles. The number of hydrogen-bond donors (Lipinski definition) is 1. The van der Waals surface area contributed by atoms with E-state index in [0.717, 1.165) is 17.6 Å². The first-order chi connectivity index (χ1) is 5.52. The Morgan fingerprint density at radius 2 is 2.08 bits per heavy atom. The predicted octanol–water partition coefficient (Wildman–Crippen LogP) is 1.77. The Balaban J connectivity index is 2.83. The molecule has 2 heteroatoms. The zero-order valence-electron chi connectivity index (χ0n) is 7.68. The van der Waals surface area contributed by atoms with Gasteiger partial charge < -0.3 is 5.73 Å². The Morgan fingerprint density at radius 1 is 1.50 bits per heavy atom. The van der Waals surface area contributed by atoms with Gasteiger partial charge in [-0.3, -0.25) is 4.79 Å². The molecule has 0 spiro atoms. The van der Waals surface area contributed by atoms with Gasteiger partial charge in [-0.15, -0.1) is 0 Å². The number of Topliss-reactive ketones (excluding diaryl/α,β-unsaturated/α-hetero) is 1. The smallest absolute Gasteiger partial charge is 0.161 e. The van der Waals surface area contributed by atoms with Crippen LogP contribution >= 0.6 is 0 Å². The summed E-state index contributed by atoms with van der Waals surface area (Å²) in [6, 6.07) is 0. The molecular weight excluding hydrogens is 150 g/mol. The molecule has 12 heavy (non-hydrogen) atoms. The van der Waals surface area contributed by atoms with E-state index in [0.29, 0.717) is 18.0 Å². The lowest BCUT2D eigenvalue weighted by Gasteiger charge is -2.04. The van der Waals surface area contributed by atoms with Crippen LogP contribution in [-0.2, 0) is 4.79 Å². The van der Waals surface area contributed by atoms with Crippen molar-refractivity contribution < 1.29 is 4.79 Å². The molecule has 0 heterocycles. The van der Waals surface area contributed by atoms with Crippen LogP contribution in [0.2, 0.25) is 0 Å². The van der Waals surface area contributed by atoms with Gasteiger partial charge in [-0.05, 0) is 26.2 Å². The Morgan fingerprint density at radius 3 is 2.33 bits per heavy atom. The molecule has 1 saturated carbocycles. The summed E-state index contributed by atoms with van der Waals surface area (Å²) in [5.41, 5.74) is 8.14. The summed E-state index contributed by atoms with van der Waals surface area (Å²) in [6.07, 6.45) is 1.38. The van der Waals surface area contributed by atoms with Crippen molar-refractivity contribution in [3.05, 3.63) is 23.4 Å². The molecule has 2 N–H and O–H groups in total. The van der Waals surface area contributed by atoms with E-state index in [9.17, 15) is 4.79 Å². The molecule has 0 amide bonds. The summed E-state index contributed by atoms with van der Waals surface area (Å²) in [6.45, 7) is 7.60. The van der Waals surface area contributed by atoms with E-state index in [4.69, 9.17) is 5.73 Å². The second kappa shape index (κ2) is 3.13.